The van der Waals surface area contributed by atoms with E-state index in [2.05, 4.69) is 0 Å². The molecule has 336 valence electrons. The Morgan fingerprint density at radius 3 is 0.471 bits per heavy atom. The van der Waals surface area contributed by atoms with Gasteiger partial charge in [0.25, 0.3) is 22.7 Å². The Bertz CT molecular complexity index is 2530. The Morgan fingerprint density at radius 1 is 0.206 bits per heavy atom. The Hall–Kier alpha value is -9.68. The van der Waals surface area contributed by atoms with Crippen molar-refractivity contribution < 1.29 is 19.7 Å². The van der Waals surface area contributed by atoms with Crippen LogP contribution in [-0.4, -0.2) is 19.7 Å². The maximum Gasteiger partial charge on any atom is 0.269 e. The van der Waals surface area contributed by atoms with Crippen LogP contribution in [0.3, 0.4) is 0 Å². The van der Waals surface area contributed by atoms with E-state index in [9.17, 15) is 40.5 Å². The van der Waals surface area contributed by atoms with Crippen molar-refractivity contribution in [2.45, 2.75) is 0 Å². The first-order valence-corrected chi connectivity index (χ1v) is 20.9. The number of nitro groups is 4. The number of non-ortho nitro benzene ring substituents is 4. The lowest BCUT2D eigenvalue weighted by Crippen LogP contribution is -1.86. The summed E-state index contributed by atoms with van der Waals surface area (Å²) in [5, 5.41) is 41.9. The molecule has 8 rings (SSSR count). The zero-order valence-electron chi connectivity index (χ0n) is 36.5. The van der Waals surface area contributed by atoms with Crippen LogP contribution in [0, 0.1) is 40.5 Å². The predicted octanol–water partition coefficient (Wildman–Crippen LogP) is 15.1. The van der Waals surface area contributed by atoms with E-state index < -0.39 is 19.7 Å². The average Bonchev–Trinajstić information content (AvgIpc) is 3.38. The molecule has 68 heavy (non-hydrogen) atoms. The molecule has 8 aromatic carbocycles. The monoisotopic (exact) mass is 900 g/mol. The summed E-state index contributed by atoms with van der Waals surface area (Å²) in [4.78, 5) is 40.3. The van der Waals surface area contributed by atoms with Crippen molar-refractivity contribution in [2.75, 3.05) is 0 Å². The van der Waals surface area contributed by atoms with Gasteiger partial charge in [-0.05, 0) is 93.0 Å². The predicted molar refractivity (Wildman–Crippen MR) is 274 cm³/mol. The van der Waals surface area contributed by atoms with Crippen molar-refractivity contribution in [3.05, 3.63) is 303 Å². The summed E-state index contributed by atoms with van der Waals surface area (Å²) in [6.07, 6.45) is 15.6. The highest BCUT2D eigenvalue weighted by molar-refractivity contribution is 5.72. The summed E-state index contributed by atoms with van der Waals surface area (Å²) >= 11 is 0. The van der Waals surface area contributed by atoms with E-state index in [1.54, 1.807) is 48.5 Å². The van der Waals surface area contributed by atoms with Crippen molar-refractivity contribution >= 4 is 71.4 Å². The Kier molecular flexibility index (Phi) is 19.5. The van der Waals surface area contributed by atoms with E-state index in [4.69, 9.17) is 0 Å². The molecule has 0 aromatic heterocycles. The normalized spacial score (nSPS) is 10.6. The number of benzene rings is 8. The minimum absolute atomic E-state index is 0.113. The third-order valence-electron chi connectivity index (χ3n) is 9.49. The standard InChI is InChI=1S/4C14H11NO2/c4*16-15(17)14-10-8-13(9-11-14)7-6-12-4-2-1-3-5-12/h4*1-11H/b4*7-6+. The zero-order valence-corrected chi connectivity index (χ0v) is 36.5. The van der Waals surface area contributed by atoms with Crippen LogP contribution in [0.25, 0.3) is 48.6 Å². The van der Waals surface area contributed by atoms with Crippen molar-refractivity contribution in [3.8, 4) is 0 Å². The number of rotatable bonds is 12. The van der Waals surface area contributed by atoms with Crippen molar-refractivity contribution in [1.29, 1.82) is 0 Å². The number of nitro benzene ring substituents is 4. The van der Waals surface area contributed by atoms with Gasteiger partial charge in [0, 0.05) is 48.5 Å². The molecule has 0 fully saturated rings. The first-order chi connectivity index (χ1) is 33.0. The summed E-state index contributed by atoms with van der Waals surface area (Å²) in [7, 11) is 0. The lowest BCUT2D eigenvalue weighted by atomic mass is 10.1. The first-order valence-electron chi connectivity index (χ1n) is 20.9. The highest BCUT2D eigenvalue weighted by Crippen LogP contribution is 2.18. The number of hydrogen-bond donors (Lipinski definition) is 0. The lowest BCUT2D eigenvalue weighted by molar-refractivity contribution is -0.385. The van der Waals surface area contributed by atoms with Gasteiger partial charge in [-0.25, -0.2) is 0 Å². The molecular weight excluding hydrogens is 857 g/mol. The molecule has 0 aliphatic heterocycles. The van der Waals surface area contributed by atoms with Gasteiger partial charge >= 0.3 is 0 Å². The molecule has 8 aromatic rings. The fourth-order valence-electron chi connectivity index (χ4n) is 5.85. The molecule has 0 unspecified atom stereocenters. The van der Waals surface area contributed by atoms with Gasteiger partial charge in [-0.1, -0.05) is 170 Å². The molecular formula is C56H44N4O8. The zero-order chi connectivity index (χ0) is 48.4. The molecule has 0 atom stereocenters. The maximum atomic E-state index is 10.5. The maximum absolute atomic E-state index is 10.5. The van der Waals surface area contributed by atoms with Crippen LogP contribution in [0.1, 0.15) is 44.5 Å². The average molecular weight is 901 g/mol. The molecule has 0 amide bonds. The van der Waals surface area contributed by atoms with Crippen LogP contribution in [0.2, 0.25) is 0 Å². The van der Waals surface area contributed by atoms with Crippen LogP contribution >= 0.6 is 0 Å². The topological polar surface area (TPSA) is 173 Å². The minimum Gasteiger partial charge on any atom is -0.258 e. The van der Waals surface area contributed by atoms with E-state index in [0.29, 0.717) is 0 Å². The summed E-state index contributed by atoms with van der Waals surface area (Å²) in [5.41, 5.74) is 8.64. The highest BCUT2D eigenvalue weighted by Gasteiger charge is 2.05. The highest BCUT2D eigenvalue weighted by atomic mass is 16.6. The second-order valence-electron chi connectivity index (χ2n) is 14.4. The molecule has 0 bridgehead atoms. The number of hydrogen-bond acceptors (Lipinski definition) is 8. The second kappa shape index (κ2) is 26.8. The molecule has 0 aliphatic carbocycles. The van der Waals surface area contributed by atoms with E-state index >= 15 is 0 Å². The van der Waals surface area contributed by atoms with Crippen LogP contribution in [-0.2, 0) is 0 Å². The van der Waals surface area contributed by atoms with E-state index in [1.807, 2.05) is 170 Å². The fourth-order valence-corrected chi connectivity index (χ4v) is 5.85. The van der Waals surface area contributed by atoms with Crippen LogP contribution in [0.5, 0.6) is 0 Å². The van der Waals surface area contributed by atoms with Crippen LogP contribution in [0.4, 0.5) is 22.7 Å². The Morgan fingerprint density at radius 2 is 0.338 bits per heavy atom. The van der Waals surface area contributed by atoms with Crippen molar-refractivity contribution in [3.63, 3.8) is 0 Å². The molecule has 0 heterocycles. The fraction of sp³-hybridized carbons (Fsp3) is 0. The molecule has 0 saturated carbocycles. The van der Waals surface area contributed by atoms with Gasteiger partial charge in [-0.2, -0.15) is 0 Å². The van der Waals surface area contributed by atoms with Gasteiger partial charge < -0.3 is 0 Å². The largest absolute Gasteiger partial charge is 0.269 e. The molecule has 0 saturated heterocycles. The van der Waals surface area contributed by atoms with Gasteiger partial charge in [0.1, 0.15) is 0 Å². The summed E-state index contributed by atoms with van der Waals surface area (Å²) < 4.78 is 0. The van der Waals surface area contributed by atoms with E-state index in [-0.39, 0.29) is 22.7 Å². The molecule has 0 N–H and O–H groups in total. The van der Waals surface area contributed by atoms with Crippen LogP contribution < -0.4 is 0 Å². The first kappa shape index (κ1) is 49.3. The van der Waals surface area contributed by atoms with Gasteiger partial charge in [0.05, 0.1) is 19.7 Å². The summed E-state index contributed by atoms with van der Waals surface area (Å²) in [6.45, 7) is 0. The summed E-state index contributed by atoms with van der Waals surface area (Å²) in [6, 6.07) is 65.5. The third-order valence-corrected chi connectivity index (χ3v) is 9.49. The van der Waals surface area contributed by atoms with E-state index in [1.165, 1.54) is 48.5 Å². The molecule has 12 heteroatoms. The SMILES string of the molecule is O=[N+]([O-])c1ccc(/C=C/c2ccccc2)cc1.O=[N+]([O-])c1ccc(/C=C/c2ccccc2)cc1.O=[N+]([O-])c1ccc(/C=C/c2ccccc2)cc1.O=[N+]([O-])c1ccc(/C=C/c2ccccc2)cc1. The Balaban J connectivity index is 0.000000169. The minimum atomic E-state index is -0.398. The van der Waals surface area contributed by atoms with Crippen molar-refractivity contribution in [1.82, 2.24) is 0 Å². The second-order valence-corrected chi connectivity index (χ2v) is 14.4. The summed E-state index contributed by atoms with van der Waals surface area (Å²) in [5.74, 6) is 0. The molecule has 0 radical (unpaired) electrons. The van der Waals surface area contributed by atoms with E-state index in [0.717, 1.165) is 44.5 Å². The van der Waals surface area contributed by atoms with Gasteiger partial charge in [0.2, 0.25) is 0 Å². The smallest absolute Gasteiger partial charge is 0.258 e. The van der Waals surface area contributed by atoms with Gasteiger partial charge in [-0.3, -0.25) is 40.5 Å². The molecule has 12 nitrogen and oxygen atoms in total. The third kappa shape index (κ3) is 17.8. The Labute approximate surface area is 393 Å². The van der Waals surface area contributed by atoms with Crippen molar-refractivity contribution in [2.24, 2.45) is 0 Å². The quantitative estimate of drug-likeness (QED) is 0.0662. The molecule has 0 spiro atoms. The van der Waals surface area contributed by atoms with Gasteiger partial charge in [0.15, 0.2) is 0 Å². The van der Waals surface area contributed by atoms with Gasteiger partial charge in [-0.15, -0.1) is 0 Å². The lowest BCUT2D eigenvalue weighted by Gasteiger charge is -1.94. The van der Waals surface area contributed by atoms with Crippen LogP contribution in [0.15, 0.2) is 218 Å². The molecule has 0 aliphatic rings. The number of nitrogens with zero attached hydrogens (tertiary/aromatic N) is 4.